The van der Waals surface area contributed by atoms with Crippen LogP contribution in [0.5, 0.6) is 5.75 Å². The first kappa shape index (κ1) is 15.4. The number of rotatable bonds is 6. The highest BCUT2D eigenvalue weighted by atomic mass is 32.1. The van der Waals surface area contributed by atoms with E-state index in [0.29, 0.717) is 23.5 Å². The summed E-state index contributed by atoms with van der Waals surface area (Å²) in [5.41, 5.74) is 7.75. The van der Waals surface area contributed by atoms with E-state index in [1.54, 1.807) is 31.4 Å². The zero-order chi connectivity index (χ0) is 15.2. The normalized spacial score (nSPS) is 10.4. The number of halogens is 1. The van der Waals surface area contributed by atoms with Gasteiger partial charge in [-0.3, -0.25) is 0 Å². The fourth-order valence-electron chi connectivity index (χ4n) is 1.93. The van der Waals surface area contributed by atoms with Crippen molar-refractivity contribution in [1.82, 2.24) is 0 Å². The molecule has 110 valence electrons. The molecule has 2 N–H and O–H groups in total. The Hall–Kier alpha value is -1.98. The predicted molar refractivity (Wildman–Crippen MR) is 83.8 cm³/mol. The van der Waals surface area contributed by atoms with E-state index < -0.39 is 0 Å². The molecule has 2 aromatic carbocycles. The van der Waals surface area contributed by atoms with Gasteiger partial charge in [-0.05, 0) is 23.8 Å². The van der Waals surface area contributed by atoms with Gasteiger partial charge >= 0.3 is 0 Å². The van der Waals surface area contributed by atoms with Crippen LogP contribution in [-0.4, -0.2) is 12.1 Å². The van der Waals surface area contributed by atoms with E-state index in [0.717, 1.165) is 5.56 Å². The summed E-state index contributed by atoms with van der Waals surface area (Å²) in [7, 11) is 1.56. The molecule has 3 nitrogen and oxygen atoms in total. The van der Waals surface area contributed by atoms with E-state index in [2.05, 4.69) is 0 Å². The van der Waals surface area contributed by atoms with Crippen molar-refractivity contribution in [1.29, 1.82) is 0 Å². The van der Waals surface area contributed by atoms with Crippen LogP contribution in [0.25, 0.3) is 0 Å². The lowest BCUT2D eigenvalue weighted by molar-refractivity contribution is 0.105. The maximum Gasteiger partial charge on any atom is 0.129 e. The minimum Gasteiger partial charge on any atom is -0.496 e. The van der Waals surface area contributed by atoms with Crippen LogP contribution in [0.1, 0.15) is 16.7 Å². The average molecular weight is 305 g/mol. The number of hydrogen-bond donors (Lipinski definition) is 1. The van der Waals surface area contributed by atoms with E-state index >= 15 is 0 Å². The molecule has 0 fully saturated rings. The Kier molecular flexibility index (Phi) is 5.25. The molecule has 0 aromatic heterocycles. The summed E-state index contributed by atoms with van der Waals surface area (Å²) in [5, 5.41) is 0. The molecule has 0 amide bonds. The number of thiocarbonyl (C=S) groups is 1. The smallest absolute Gasteiger partial charge is 0.129 e. The maximum atomic E-state index is 13.5. The van der Waals surface area contributed by atoms with Crippen LogP contribution >= 0.6 is 12.2 Å². The number of benzene rings is 2. The van der Waals surface area contributed by atoms with E-state index in [4.69, 9.17) is 27.4 Å². The van der Waals surface area contributed by atoms with Gasteiger partial charge in [0.25, 0.3) is 0 Å². The van der Waals surface area contributed by atoms with E-state index in [-0.39, 0.29) is 17.4 Å². The van der Waals surface area contributed by atoms with Crippen molar-refractivity contribution in [2.75, 3.05) is 7.11 Å². The highest BCUT2D eigenvalue weighted by Crippen LogP contribution is 2.20. The molecular weight excluding hydrogens is 289 g/mol. The van der Waals surface area contributed by atoms with Gasteiger partial charge < -0.3 is 15.2 Å². The molecule has 0 saturated heterocycles. The van der Waals surface area contributed by atoms with Crippen molar-refractivity contribution in [2.24, 2.45) is 5.73 Å². The van der Waals surface area contributed by atoms with Gasteiger partial charge in [-0.1, -0.05) is 36.5 Å². The van der Waals surface area contributed by atoms with Gasteiger partial charge in [-0.15, -0.1) is 0 Å². The second kappa shape index (κ2) is 7.15. The Balaban J connectivity index is 2.02. The van der Waals surface area contributed by atoms with E-state index in [1.807, 2.05) is 12.1 Å². The third-order valence-corrected chi connectivity index (χ3v) is 3.23. The summed E-state index contributed by atoms with van der Waals surface area (Å²) in [6.07, 6.45) is 0. The average Bonchev–Trinajstić information content (AvgIpc) is 2.49. The maximum absolute atomic E-state index is 13.5. The van der Waals surface area contributed by atoms with Gasteiger partial charge in [0.05, 0.1) is 25.9 Å². The second-order valence-corrected chi connectivity index (χ2v) is 4.92. The van der Waals surface area contributed by atoms with Crippen LogP contribution in [0.3, 0.4) is 0 Å². The van der Waals surface area contributed by atoms with E-state index in [1.165, 1.54) is 6.07 Å². The Morgan fingerprint density at radius 3 is 2.62 bits per heavy atom. The lowest BCUT2D eigenvalue weighted by atomic mass is 10.1. The molecule has 5 heteroatoms. The minimum absolute atomic E-state index is 0.209. The highest BCUT2D eigenvalue weighted by molar-refractivity contribution is 7.80. The third kappa shape index (κ3) is 4.00. The Morgan fingerprint density at radius 1 is 1.19 bits per heavy atom. The van der Waals surface area contributed by atoms with Crippen molar-refractivity contribution >= 4 is 17.2 Å². The molecule has 2 rings (SSSR count). The molecule has 0 spiro atoms. The van der Waals surface area contributed by atoms with Gasteiger partial charge in [-0.2, -0.15) is 0 Å². The molecule has 0 aliphatic heterocycles. The zero-order valence-corrected chi connectivity index (χ0v) is 12.5. The van der Waals surface area contributed by atoms with Gasteiger partial charge in [0.2, 0.25) is 0 Å². The molecule has 21 heavy (non-hydrogen) atoms. The Bertz CT molecular complexity index is 646. The van der Waals surface area contributed by atoms with Crippen LogP contribution in [-0.2, 0) is 18.0 Å². The van der Waals surface area contributed by atoms with Gasteiger partial charge in [-0.25, -0.2) is 4.39 Å². The van der Waals surface area contributed by atoms with Crippen LogP contribution < -0.4 is 10.5 Å². The van der Waals surface area contributed by atoms with Crippen molar-refractivity contribution in [3.8, 4) is 5.75 Å². The first-order valence-electron chi connectivity index (χ1n) is 6.39. The Labute approximate surface area is 128 Å². The molecule has 0 heterocycles. The molecule has 0 aliphatic rings. The van der Waals surface area contributed by atoms with E-state index in [9.17, 15) is 4.39 Å². The lowest BCUT2D eigenvalue weighted by Gasteiger charge is -2.10. The minimum atomic E-state index is -0.268. The van der Waals surface area contributed by atoms with Crippen molar-refractivity contribution in [2.45, 2.75) is 13.2 Å². The van der Waals surface area contributed by atoms with Crippen LogP contribution in [0, 0.1) is 5.82 Å². The highest BCUT2D eigenvalue weighted by Gasteiger charge is 2.07. The standard InChI is InChI=1S/C16H16FNO2S/c1-19-15-7-6-11(8-13(15)16(18)21)9-20-10-12-4-2-3-5-14(12)17/h2-8H,9-10H2,1H3,(H2,18,21). The van der Waals surface area contributed by atoms with Crippen molar-refractivity contribution in [3.63, 3.8) is 0 Å². The summed E-state index contributed by atoms with van der Waals surface area (Å²) < 4.78 is 24.2. The fraction of sp³-hybridized carbons (Fsp3) is 0.188. The molecule has 0 aliphatic carbocycles. The molecule has 0 radical (unpaired) electrons. The molecule has 2 aromatic rings. The number of nitrogens with two attached hydrogens (primary N) is 1. The van der Waals surface area contributed by atoms with Gasteiger partial charge in [0.1, 0.15) is 16.6 Å². The summed E-state index contributed by atoms with van der Waals surface area (Å²) in [6.45, 7) is 0.551. The van der Waals surface area contributed by atoms with Gasteiger partial charge in [0.15, 0.2) is 0 Å². The molecule has 0 saturated carbocycles. The molecule has 0 unspecified atom stereocenters. The number of methoxy groups -OCH3 is 1. The number of ether oxygens (including phenoxy) is 2. The van der Waals surface area contributed by atoms with Crippen molar-refractivity contribution in [3.05, 3.63) is 65.0 Å². The second-order valence-electron chi connectivity index (χ2n) is 4.48. The lowest BCUT2D eigenvalue weighted by Crippen LogP contribution is -2.11. The van der Waals surface area contributed by atoms with Crippen LogP contribution in [0.4, 0.5) is 4.39 Å². The first-order chi connectivity index (χ1) is 10.1. The molecular formula is C16H16FNO2S. The number of hydrogen-bond acceptors (Lipinski definition) is 3. The summed E-state index contributed by atoms with van der Waals surface area (Å²) in [6, 6.07) is 12.0. The Morgan fingerprint density at radius 2 is 1.95 bits per heavy atom. The zero-order valence-electron chi connectivity index (χ0n) is 11.6. The molecule has 0 atom stereocenters. The topological polar surface area (TPSA) is 44.5 Å². The fourth-order valence-corrected chi connectivity index (χ4v) is 2.09. The van der Waals surface area contributed by atoms with Gasteiger partial charge in [0, 0.05) is 5.56 Å². The largest absolute Gasteiger partial charge is 0.496 e. The summed E-state index contributed by atoms with van der Waals surface area (Å²) in [4.78, 5) is 0.266. The third-order valence-electron chi connectivity index (χ3n) is 3.01. The summed E-state index contributed by atoms with van der Waals surface area (Å²) in [5.74, 6) is 0.358. The van der Waals surface area contributed by atoms with Crippen LogP contribution in [0.2, 0.25) is 0 Å². The quantitative estimate of drug-likeness (QED) is 0.833. The monoisotopic (exact) mass is 305 g/mol. The summed E-state index contributed by atoms with van der Waals surface area (Å²) >= 11 is 4.99. The first-order valence-corrected chi connectivity index (χ1v) is 6.80. The molecule has 0 bridgehead atoms. The van der Waals surface area contributed by atoms with Crippen molar-refractivity contribution < 1.29 is 13.9 Å². The van der Waals surface area contributed by atoms with Crippen LogP contribution in [0.15, 0.2) is 42.5 Å². The SMILES string of the molecule is COc1ccc(COCc2ccccc2F)cc1C(N)=S. The predicted octanol–water partition coefficient (Wildman–Crippen LogP) is 3.19.